The van der Waals surface area contributed by atoms with Crippen LogP contribution >= 0.6 is 0 Å². The Bertz CT molecular complexity index is 1240. The van der Waals surface area contributed by atoms with Crippen molar-refractivity contribution in [1.82, 2.24) is 0 Å². The first-order valence-corrected chi connectivity index (χ1v) is 13.8. The molecule has 1 aliphatic rings. The fourth-order valence-corrected chi connectivity index (χ4v) is 5.64. The Labute approximate surface area is 220 Å². The topological polar surface area (TPSA) is 78.8 Å². The van der Waals surface area contributed by atoms with Crippen molar-refractivity contribution >= 4 is 17.1 Å². The third-order valence-electron chi connectivity index (χ3n) is 6.63. The van der Waals surface area contributed by atoms with Gasteiger partial charge in [0.1, 0.15) is 29.2 Å². The largest absolute Gasteiger partial charge is 0.611 e. The minimum absolute atomic E-state index is 0.0364. The molecule has 196 valence electrons. The van der Waals surface area contributed by atoms with E-state index in [1.54, 1.807) is 18.2 Å². The summed E-state index contributed by atoms with van der Waals surface area (Å²) >= 11 is -1.36. The summed E-state index contributed by atoms with van der Waals surface area (Å²) in [6.07, 6.45) is 3.32. The average molecular weight is 525 g/mol. The van der Waals surface area contributed by atoms with Gasteiger partial charge in [0.25, 0.3) is 0 Å². The molecule has 1 aliphatic carbocycles. The number of halogens is 1. The summed E-state index contributed by atoms with van der Waals surface area (Å²) in [6, 6.07) is 17.6. The van der Waals surface area contributed by atoms with Crippen molar-refractivity contribution in [3.63, 3.8) is 0 Å². The number of carbonyl (C=O) groups is 1. The molecule has 1 fully saturated rings. The number of hydrogen-bond donors (Lipinski definition) is 1. The molecule has 0 unspecified atom stereocenters. The predicted octanol–water partition coefficient (Wildman–Crippen LogP) is 6.95. The lowest BCUT2D eigenvalue weighted by atomic mass is 9.90. The number of ether oxygens (including phenoxy) is 2. The number of aliphatic carboxylic acids is 1. The lowest BCUT2D eigenvalue weighted by Gasteiger charge is -2.19. The van der Waals surface area contributed by atoms with Crippen molar-refractivity contribution in [3.8, 4) is 22.6 Å². The fourth-order valence-electron chi connectivity index (χ4n) is 4.47. The smallest absolute Gasteiger partial charge is 0.303 e. The van der Waals surface area contributed by atoms with Gasteiger partial charge in [0.15, 0.2) is 4.90 Å². The van der Waals surface area contributed by atoms with Gasteiger partial charge in [0.05, 0.1) is 13.5 Å². The highest BCUT2D eigenvalue weighted by atomic mass is 32.2. The molecular formula is C30H33FO5S. The van der Waals surface area contributed by atoms with Crippen LogP contribution in [0.1, 0.15) is 56.6 Å². The van der Waals surface area contributed by atoms with E-state index in [4.69, 9.17) is 9.47 Å². The van der Waals surface area contributed by atoms with Gasteiger partial charge in [-0.1, -0.05) is 31.0 Å². The number of benzene rings is 3. The lowest BCUT2D eigenvalue weighted by molar-refractivity contribution is -0.137. The van der Waals surface area contributed by atoms with Crippen LogP contribution in [-0.4, -0.2) is 28.0 Å². The van der Waals surface area contributed by atoms with Crippen LogP contribution in [0.3, 0.4) is 0 Å². The highest BCUT2D eigenvalue weighted by molar-refractivity contribution is 7.92. The monoisotopic (exact) mass is 524 g/mol. The molecule has 0 spiro atoms. The van der Waals surface area contributed by atoms with E-state index in [2.05, 4.69) is 0 Å². The van der Waals surface area contributed by atoms with Crippen molar-refractivity contribution < 1.29 is 28.3 Å². The molecule has 1 N–H and O–H groups in total. The Balaban J connectivity index is 1.57. The van der Waals surface area contributed by atoms with Crippen molar-refractivity contribution in [2.45, 2.75) is 62.2 Å². The second kappa shape index (κ2) is 12.0. The molecule has 7 heteroatoms. The quantitative estimate of drug-likeness (QED) is 0.259. The summed E-state index contributed by atoms with van der Waals surface area (Å²) < 4.78 is 39.3. The number of carboxylic acid groups (broad SMARTS) is 1. The number of hydrogen-bond acceptors (Lipinski definition) is 4. The van der Waals surface area contributed by atoms with Crippen molar-refractivity contribution in [2.24, 2.45) is 5.92 Å². The van der Waals surface area contributed by atoms with Gasteiger partial charge in [-0.15, -0.1) is 0 Å². The summed E-state index contributed by atoms with van der Waals surface area (Å²) in [7, 11) is 1.52. The molecule has 3 aromatic rings. The molecule has 37 heavy (non-hydrogen) atoms. The number of rotatable bonds is 12. The van der Waals surface area contributed by atoms with Crippen LogP contribution in [0.5, 0.6) is 11.5 Å². The third-order valence-corrected chi connectivity index (χ3v) is 8.25. The lowest BCUT2D eigenvalue weighted by Crippen LogP contribution is -2.16. The zero-order valence-electron chi connectivity index (χ0n) is 21.4. The van der Waals surface area contributed by atoms with Gasteiger partial charge in [0, 0.05) is 17.2 Å². The van der Waals surface area contributed by atoms with Gasteiger partial charge in [-0.3, -0.25) is 4.79 Å². The first kappa shape index (κ1) is 27.0. The SMILES string of the molecule is COc1ccc(F)c(-c2ccc(COc3cccc([C@@H](CC(=O)O)CC4CC4)c3)cc2[S@@+]([O-])C(C)C)c1. The van der Waals surface area contributed by atoms with Crippen molar-refractivity contribution in [1.29, 1.82) is 0 Å². The van der Waals surface area contributed by atoms with Crippen molar-refractivity contribution in [3.05, 3.63) is 77.6 Å². The molecule has 0 aliphatic heterocycles. The van der Waals surface area contributed by atoms with E-state index in [-0.39, 0.29) is 24.2 Å². The van der Waals surface area contributed by atoms with E-state index in [1.165, 1.54) is 26.0 Å². The standard InChI is InChI=1S/C30H33FO5S/c1-19(2)37(34)29-14-21(9-11-26(29)27-17-24(35-3)10-12-28(27)31)18-36-25-6-4-5-22(15-25)23(16-30(32)33)13-20-7-8-20/h4-6,9-12,14-15,17,19-20,23H,7-8,13,16,18H2,1-3H3,(H,32,33)/t23-,37+/m1/s1. The van der Waals surface area contributed by atoms with E-state index in [1.807, 2.05) is 50.2 Å². The maximum absolute atomic E-state index is 14.8. The van der Waals surface area contributed by atoms with Crippen LogP contribution in [0.2, 0.25) is 0 Å². The van der Waals surface area contributed by atoms with Crippen LogP contribution < -0.4 is 9.47 Å². The maximum Gasteiger partial charge on any atom is 0.303 e. The molecule has 0 radical (unpaired) electrons. The van der Waals surface area contributed by atoms with Crippen molar-refractivity contribution in [2.75, 3.05) is 7.11 Å². The second-order valence-corrected chi connectivity index (χ2v) is 11.8. The Morgan fingerprint density at radius 3 is 2.54 bits per heavy atom. The molecule has 5 nitrogen and oxygen atoms in total. The van der Waals surface area contributed by atoms with Crippen LogP contribution in [0.25, 0.3) is 11.1 Å². The Morgan fingerprint density at radius 2 is 1.86 bits per heavy atom. The summed E-state index contributed by atoms with van der Waals surface area (Å²) in [6.45, 7) is 3.97. The third kappa shape index (κ3) is 7.05. The van der Waals surface area contributed by atoms with E-state index in [0.29, 0.717) is 33.4 Å². The molecule has 0 aromatic heterocycles. The summed E-state index contributed by atoms with van der Waals surface area (Å²) in [4.78, 5) is 12.0. The molecule has 0 heterocycles. The zero-order chi connectivity index (χ0) is 26.5. The minimum atomic E-state index is -1.36. The van der Waals surface area contributed by atoms with Gasteiger partial charge in [-0.05, 0) is 90.8 Å². The van der Waals surface area contributed by atoms with Crippen LogP contribution in [0.15, 0.2) is 65.6 Å². The summed E-state index contributed by atoms with van der Waals surface area (Å²) in [5, 5.41) is 9.22. The molecule has 4 rings (SSSR count). The van der Waals surface area contributed by atoms with Gasteiger partial charge in [-0.25, -0.2) is 4.39 Å². The maximum atomic E-state index is 14.8. The first-order chi connectivity index (χ1) is 17.7. The Morgan fingerprint density at radius 1 is 1.08 bits per heavy atom. The van der Waals surface area contributed by atoms with Gasteiger partial charge < -0.3 is 19.1 Å². The van der Waals surface area contributed by atoms with E-state index >= 15 is 0 Å². The molecule has 0 bridgehead atoms. The number of methoxy groups -OCH3 is 1. The fraction of sp³-hybridized carbons (Fsp3) is 0.367. The van der Waals surface area contributed by atoms with E-state index < -0.39 is 23.0 Å². The van der Waals surface area contributed by atoms with Gasteiger partial charge >= 0.3 is 5.97 Å². The first-order valence-electron chi connectivity index (χ1n) is 12.6. The highest BCUT2D eigenvalue weighted by Crippen LogP contribution is 2.40. The molecule has 1 saturated carbocycles. The Hall–Kier alpha value is -3.03. The van der Waals surface area contributed by atoms with Crippen LogP contribution in [0.4, 0.5) is 4.39 Å². The van der Waals surface area contributed by atoms with E-state index in [0.717, 1.165) is 17.5 Å². The zero-order valence-corrected chi connectivity index (χ0v) is 22.2. The number of carboxylic acids is 1. The molecular weight excluding hydrogens is 491 g/mol. The second-order valence-electron chi connectivity index (χ2n) is 9.86. The van der Waals surface area contributed by atoms with Crippen LogP contribution in [-0.2, 0) is 22.6 Å². The normalized spacial score (nSPS) is 14.9. The summed E-state index contributed by atoms with van der Waals surface area (Å²) in [5.74, 6) is 0.541. The Kier molecular flexibility index (Phi) is 8.77. The average Bonchev–Trinajstić information content (AvgIpc) is 3.71. The van der Waals surface area contributed by atoms with E-state index in [9.17, 15) is 18.8 Å². The summed E-state index contributed by atoms with van der Waals surface area (Å²) in [5.41, 5.74) is 2.67. The predicted molar refractivity (Wildman–Crippen MR) is 143 cm³/mol. The van der Waals surface area contributed by atoms with Gasteiger partial charge in [0.2, 0.25) is 0 Å². The highest BCUT2D eigenvalue weighted by Gasteiger charge is 2.28. The molecule has 2 atom stereocenters. The molecule has 0 amide bonds. The van der Waals surface area contributed by atoms with Crippen LogP contribution in [0, 0.1) is 11.7 Å². The van der Waals surface area contributed by atoms with Gasteiger partial charge in [-0.2, -0.15) is 0 Å². The molecule has 3 aromatic carbocycles. The minimum Gasteiger partial charge on any atom is -0.611 e. The molecule has 0 saturated heterocycles.